The van der Waals surface area contributed by atoms with Crippen LogP contribution in [0.4, 0.5) is 0 Å². The highest BCUT2D eigenvalue weighted by atomic mass is 16.5. The minimum atomic E-state index is -0.0349. The van der Waals surface area contributed by atoms with Gasteiger partial charge >= 0.3 is 0 Å². The largest absolute Gasteiger partial charge is 0.384 e. The first-order chi connectivity index (χ1) is 10.2. The first-order valence-electron chi connectivity index (χ1n) is 7.57. The summed E-state index contributed by atoms with van der Waals surface area (Å²) in [6, 6.07) is 9.31. The van der Waals surface area contributed by atoms with Crippen LogP contribution in [0.2, 0.25) is 0 Å². The first-order valence-corrected chi connectivity index (χ1v) is 7.57. The summed E-state index contributed by atoms with van der Waals surface area (Å²) >= 11 is 0. The number of nitrogens with one attached hydrogen (secondary N) is 1. The summed E-state index contributed by atoms with van der Waals surface area (Å²) in [5.41, 5.74) is 0.670. The van der Waals surface area contributed by atoms with Gasteiger partial charge < -0.3 is 10.1 Å². The van der Waals surface area contributed by atoms with Crippen molar-refractivity contribution in [1.82, 2.24) is 5.32 Å². The molecule has 0 aromatic heterocycles. The van der Waals surface area contributed by atoms with Crippen molar-refractivity contribution in [2.75, 3.05) is 13.7 Å². The molecule has 0 bridgehead atoms. The van der Waals surface area contributed by atoms with Gasteiger partial charge in [0.15, 0.2) is 5.78 Å². The molecule has 1 saturated carbocycles. The van der Waals surface area contributed by atoms with Crippen molar-refractivity contribution in [2.45, 2.75) is 38.1 Å². The molecule has 2 rings (SSSR count). The van der Waals surface area contributed by atoms with Crippen LogP contribution in [0, 0.1) is 5.92 Å². The molecular formula is C17H23NO3. The van der Waals surface area contributed by atoms with Gasteiger partial charge in [-0.05, 0) is 12.8 Å². The van der Waals surface area contributed by atoms with Crippen LogP contribution in [0.3, 0.4) is 0 Å². The van der Waals surface area contributed by atoms with Crippen LogP contribution in [0.1, 0.15) is 42.5 Å². The van der Waals surface area contributed by atoms with Gasteiger partial charge in [-0.1, -0.05) is 36.8 Å². The molecule has 4 nitrogen and oxygen atoms in total. The highest BCUT2D eigenvalue weighted by molar-refractivity contribution is 5.97. The van der Waals surface area contributed by atoms with Crippen molar-refractivity contribution >= 4 is 11.7 Å². The van der Waals surface area contributed by atoms with Crippen LogP contribution in [-0.4, -0.2) is 31.4 Å². The third-order valence-electron chi connectivity index (χ3n) is 4.06. The predicted molar refractivity (Wildman–Crippen MR) is 81.2 cm³/mol. The molecule has 0 aliphatic heterocycles. The van der Waals surface area contributed by atoms with E-state index in [4.69, 9.17) is 4.74 Å². The number of Topliss-reactive ketones (excluding diaryl/α,β-unsaturated/α-hetero) is 1. The number of benzene rings is 1. The van der Waals surface area contributed by atoms with Gasteiger partial charge in [0.25, 0.3) is 0 Å². The van der Waals surface area contributed by atoms with Gasteiger partial charge in [0, 0.05) is 37.5 Å². The molecule has 21 heavy (non-hydrogen) atoms. The smallest absolute Gasteiger partial charge is 0.220 e. The fourth-order valence-electron chi connectivity index (χ4n) is 2.91. The maximum absolute atomic E-state index is 12.0. The van der Waals surface area contributed by atoms with Crippen molar-refractivity contribution in [3.05, 3.63) is 35.9 Å². The van der Waals surface area contributed by atoms with E-state index in [0.29, 0.717) is 18.1 Å². The Kier molecular flexibility index (Phi) is 5.93. The Morgan fingerprint density at radius 3 is 2.67 bits per heavy atom. The van der Waals surface area contributed by atoms with Gasteiger partial charge in [-0.2, -0.15) is 0 Å². The van der Waals surface area contributed by atoms with Gasteiger partial charge in [-0.25, -0.2) is 0 Å². The molecule has 1 aliphatic rings. The third-order valence-corrected chi connectivity index (χ3v) is 4.06. The van der Waals surface area contributed by atoms with Gasteiger partial charge in [0.1, 0.15) is 0 Å². The molecule has 1 aliphatic carbocycles. The number of methoxy groups -OCH3 is 1. The fraction of sp³-hybridized carbons (Fsp3) is 0.529. The van der Waals surface area contributed by atoms with E-state index in [2.05, 4.69) is 5.32 Å². The maximum atomic E-state index is 12.0. The van der Waals surface area contributed by atoms with Gasteiger partial charge in [0.2, 0.25) is 5.91 Å². The van der Waals surface area contributed by atoms with Gasteiger partial charge in [-0.15, -0.1) is 0 Å². The zero-order valence-corrected chi connectivity index (χ0v) is 12.5. The lowest BCUT2D eigenvalue weighted by molar-refractivity contribution is -0.122. The molecular weight excluding hydrogens is 266 g/mol. The summed E-state index contributed by atoms with van der Waals surface area (Å²) in [7, 11) is 1.69. The highest BCUT2D eigenvalue weighted by Gasteiger charge is 2.28. The van der Waals surface area contributed by atoms with Crippen LogP contribution in [0.15, 0.2) is 30.3 Å². The number of ether oxygens (including phenoxy) is 1. The maximum Gasteiger partial charge on any atom is 0.220 e. The molecule has 0 spiro atoms. The average molecular weight is 289 g/mol. The molecule has 1 N–H and O–H groups in total. The van der Waals surface area contributed by atoms with Crippen molar-refractivity contribution in [1.29, 1.82) is 0 Å². The average Bonchev–Trinajstić information content (AvgIpc) is 2.93. The summed E-state index contributed by atoms with van der Waals surface area (Å²) in [5, 5.41) is 3.05. The molecule has 1 fully saturated rings. The van der Waals surface area contributed by atoms with Gasteiger partial charge in [0.05, 0.1) is 6.61 Å². The molecule has 0 radical (unpaired) electrons. The molecule has 0 heterocycles. The second-order valence-electron chi connectivity index (χ2n) is 5.61. The molecule has 1 amide bonds. The van der Waals surface area contributed by atoms with Crippen molar-refractivity contribution in [2.24, 2.45) is 5.92 Å². The molecule has 0 saturated heterocycles. The van der Waals surface area contributed by atoms with Crippen molar-refractivity contribution < 1.29 is 14.3 Å². The fourth-order valence-corrected chi connectivity index (χ4v) is 2.91. The Morgan fingerprint density at radius 2 is 1.95 bits per heavy atom. The summed E-state index contributed by atoms with van der Waals surface area (Å²) in [5.74, 6) is 0.390. The zero-order valence-electron chi connectivity index (χ0n) is 12.5. The van der Waals surface area contributed by atoms with Crippen LogP contribution in [0.5, 0.6) is 0 Å². The zero-order chi connectivity index (χ0) is 15.1. The lowest BCUT2D eigenvalue weighted by Crippen LogP contribution is -2.38. The van der Waals surface area contributed by atoms with E-state index < -0.39 is 0 Å². The normalized spacial score (nSPS) is 21.2. The van der Waals surface area contributed by atoms with E-state index in [0.717, 1.165) is 19.3 Å². The topological polar surface area (TPSA) is 55.4 Å². The molecule has 1 aromatic rings. The van der Waals surface area contributed by atoms with E-state index in [1.807, 2.05) is 18.2 Å². The van der Waals surface area contributed by atoms with E-state index in [-0.39, 0.29) is 30.6 Å². The van der Waals surface area contributed by atoms with E-state index in [1.54, 1.807) is 19.2 Å². The van der Waals surface area contributed by atoms with Crippen LogP contribution < -0.4 is 5.32 Å². The lowest BCUT2D eigenvalue weighted by Gasteiger charge is -2.20. The van der Waals surface area contributed by atoms with Crippen LogP contribution in [-0.2, 0) is 9.53 Å². The minimum absolute atomic E-state index is 0.0191. The SMILES string of the molecule is COC[C@@H]1CCC[C@@H]1NC(=O)CCC(=O)c1ccccc1. The molecule has 2 atom stereocenters. The molecule has 0 unspecified atom stereocenters. The highest BCUT2D eigenvalue weighted by Crippen LogP contribution is 2.25. The number of carbonyl (C=O) groups is 2. The first kappa shape index (κ1) is 15.7. The minimum Gasteiger partial charge on any atom is -0.384 e. The Morgan fingerprint density at radius 1 is 1.19 bits per heavy atom. The Labute approximate surface area is 125 Å². The Hall–Kier alpha value is -1.68. The summed E-state index contributed by atoms with van der Waals surface area (Å²) in [4.78, 5) is 23.9. The number of carbonyl (C=O) groups excluding carboxylic acids is 2. The third kappa shape index (κ3) is 4.67. The van der Waals surface area contributed by atoms with E-state index in [9.17, 15) is 9.59 Å². The second kappa shape index (κ2) is 7.93. The second-order valence-corrected chi connectivity index (χ2v) is 5.61. The number of hydrogen-bond acceptors (Lipinski definition) is 3. The number of rotatable bonds is 7. The molecule has 1 aromatic carbocycles. The van der Waals surface area contributed by atoms with Crippen LogP contribution >= 0.6 is 0 Å². The van der Waals surface area contributed by atoms with E-state index >= 15 is 0 Å². The van der Waals surface area contributed by atoms with E-state index in [1.165, 1.54) is 0 Å². The summed E-state index contributed by atoms with van der Waals surface area (Å²) in [6.45, 7) is 0.688. The predicted octanol–water partition coefficient (Wildman–Crippen LogP) is 2.58. The molecule has 4 heteroatoms. The number of ketones is 1. The summed E-state index contributed by atoms with van der Waals surface area (Å²) < 4.78 is 5.19. The van der Waals surface area contributed by atoms with Gasteiger partial charge in [-0.3, -0.25) is 9.59 Å². The van der Waals surface area contributed by atoms with Crippen molar-refractivity contribution in [3.63, 3.8) is 0 Å². The van der Waals surface area contributed by atoms with Crippen LogP contribution in [0.25, 0.3) is 0 Å². The number of amides is 1. The number of hydrogen-bond donors (Lipinski definition) is 1. The summed E-state index contributed by atoms with van der Waals surface area (Å²) in [6.07, 6.45) is 3.75. The van der Waals surface area contributed by atoms with Crippen molar-refractivity contribution in [3.8, 4) is 0 Å². The Balaban J connectivity index is 1.76. The standard InChI is InChI=1S/C17H23NO3/c1-21-12-14-8-5-9-15(14)18-17(20)11-10-16(19)13-6-3-2-4-7-13/h2-4,6-7,14-15H,5,8-12H2,1H3,(H,18,20)/t14-,15-/m0/s1. The monoisotopic (exact) mass is 289 g/mol. The molecule has 114 valence electrons. The quantitative estimate of drug-likeness (QED) is 0.785. The Bertz CT molecular complexity index is 472. The lowest BCUT2D eigenvalue weighted by atomic mass is 10.0.